The fourth-order valence-electron chi connectivity index (χ4n) is 2.43. The SMILES string of the molecule is O=C1Nc2ccccc2S(=O)(=O)N2CCC[C@H]12. The smallest absolute Gasteiger partial charge is 0.245 e. The molecule has 0 bridgehead atoms. The third kappa shape index (κ3) is 1.48. The van der Waals surface area contributed by atoms with Crippen molar-refractivity contribution >= 4 is 21.6 Å². The second-order valence-corrected chi connectivity index (χ2v) is 6.12. The van der Waals surface area contributed by atoms with Gasteiger partial charge in [-0.1, -0.05) is 12.1 Å². The summed E-state index contributed by atoms with van der Waals surface area (Å²) in [6.45, 7) is 0.425. The summed E-state index contributed by atoms with van der Waals surface area (Å²) in [5.41, 5.74) is 0.381. The summed E-state index contributed by atoms with van der Waals surface area (Å²) in [6.07, 6.45) is 1.33. The molecule has 1 atom stereocenters. The Labute approximate surface area is 99.5 Å². The number of amides is 1. The van der Waals surface area contributed by atoms with E-state index in [0.29, 0.717) is 18.7 Å². The number of carbonyl (C=O) groups excluding carboxylic acids is 1. The van der Waals surface area contributed by atoms with E-state index in [2.05, 4.69) is 5.32 Å². The maximum atomic E-state index is 12.4. The molecular weight excluding hydrogens is 240 g/mol. The van der Waals surface area contributed by atoms with E-state index in [4.69, 9.17) is 0 Å². The predicted molar refractivity (Wildman–Crippen MR) is 62.0 cm³/mol. The number of nitrogens with one attached hydrogen (secondary N) is 1. The molecule has 2 aliphatic heterocycles. The van der Waals surface area contributed by atoms with E-state index >= 15 is 0 Å². The third-order valence-corrected chi connectivity index (χ3v) is 5.20. The highest BCUT2D eigenvalue weighted by Gasteiger charge is 2.42. The quantitative estimate of drug-likeness (QED) is 0.742. The van der Waals surface area contributed by atoms with Crippen LogP contribution in [0.1, 0.15) is 12.8 Å². The van der Waals surface area contributed by atoms with Gasteiger partial charge in [0.25, 0.3) is 0 Å². The first-order valence-electron chi connectivity index (χ1n) is 5.52. The van der Waals surface area contributed by atoms with Crippen molar-refractivity contribution in [3.05, 3.63) is 24.3 Å². The maximum Gasteiger partial charge on any atom is 0.245 e. The van der Waals surface area contributed by atoms with E-state index in [9.17, 15) is 13.2 Å². The Balaban J connectivity index is 2.23. The molecule has 3 rings (SSSR count). The molecule has 1 aromatic rings. The van der Waals surface area contributed by atoms with Crippen LogP contribution in [0.5, 0.6) is 0 Å². The molecule has 5 nitrogen and oxygen atoms in total. The topological polar surface area (TPSA) is 66.5 Å². The Morgan fingerprint density at radius 1 is 1.29 bits per heavy atom. The molecule has 0 aromatic heterocycles. The van der Waals surface area contributed by atoms with Gasteiger partial charge < -0.3 is 5.32 Å². The van der Waals surface area contributed by atoms with Gasteiger partial charge in [-0.3, -0.25) is 4.79 Å². The van der Waals surface area contributed by atoms with Crippen LogP contribution in [-0.4, -0.2) is 31.2 Å². The molecule has 0 spiro atoms. The molecule has 17 heavy (non-hydrogen) atoms. The minimum absolute atomic E-state index is 0.192. The second-order valence-electron chi connectivity index (χ2n) is 4.26. The summed E-state index contributed by atoms with van der Waals surface area (Å²) in [7, 11) is -3.54. The summed E-state index contributed by atoms with van der Waals surface area (Å²) in [4.78, 5) is 12.1. The number of carbonyl (C=O) groups is 1. The van der Waals surface area contributed by atoms with Crippen LogP contribution >= 0.6 is 0 Å². The third-order valence-electron chi connectivity index (χ3n) is 3.24. The van der Waals surface area contributed by atoms with Crippen LogP contribution in [0.15, 0.2) is 29.2 Å². The van der Waals surface area contributed by atoms with Gasteiger partial charge in [-0.25, -0.2) is 8.42 Å². The monoisotopic (exact) mass is 252 g/mol. The zero-order valence-electron chi connectivity index (χ0n) is 9.09. The Kier molecular flexibility index (Phi) is 2.24. The number of fused-ring (bicyclic) bond motifs is 2. The number of para-hydroxylation sites is 1. The number of hydrogen-bond donors (Lipinski definition) is 1. The van der Waals surface area contributed by atoms with Crippen molar-refractivity contribution in [1.29, 1.82) is 0 Å². The average molecular weight is 252 g/mol. The molecule has 2 aliphatic rings. The minimum atomic E-state index is -3.54. The van der Waals surface area contributed by atoms with Gasteiger partial charge in [-0.05, 0) is 25.0 Å². The molecule has 1 saturated heterocycles. The van der Waals surface area contributed by atoms with E-state index in [1.165, 1.54) is 10.4 Å². The number of hydrogen-bond acceptors (Lipinski definition) is 3. The highest BCUT2D eigenvalue weighted by atomic mass is 32.2. The lowest BCUT2D eigenvalue weighted by atomic mass is 10.2. The second kappa shape index (κ2) is 3.54. The predicted octanol–water partition coefficient (Wildman–Crippen LogP) is 0.792. The van der Waals surface area contributed by atoms with E-state index in [1.54, 1.807) is 18.2 Å². The van der Waals surface area contributed by atoms with Crippen molar-refractivity contribution in [2.45, 2.75) is 23.8 Å². The standard InChI is InChI=1S/C11H12N2O3S/c14-11-9-5-3-7-13(9)17(15,16)10-6-2-1-4-8(10)12-11/h1-2,4,6,9H,3,5,7H2,(H,12,14)/t9-/m1/s1. The molecule has 0 saturated carbocycles. The van der Waals surface area contributed by atoms with Gasteiger partial charge in [0.05, 0.1) is 5.69 Å². The molecule has 1 amide bonds. The van der Waals surface area contributed by atoms with Crippen molar-refractivity contribution in [2.24, 2.45) is 0 Å². The first-order chi connectivity index (χ1) is 8.10. The van der Waals surface area contributed by atoms with Crippen molar-refractivity contribution in [2.75, 3.05) is 11.9 Å². The molecule has 2 heterocycles. The summed E-state index contributed by atoms with van der Waals surface area (Å²) in [5, 5.41) is 2.69. The van der Waals surface area contributed by atoms with Crippen molar-refractivity contribution in [3.8, 4) is 0 Å². The molecule has 0 radical (unpaired) electrons. The van der Waals surface area contributed by atoms with Crippen LogP contribution in [0.3, 0.4) is 0 Å². The molecule has 1 N–H and O–H groups in total. The van der Waals surface area contributed by atoms with Gasteiger partial charge >= 0.3 is 0 Å². The average Bonchev–Trinajstić information content (AvgIpc) is 2.76. The van der Waals surface area contributed by atoms with Crippen molar-refractivity contribution in [3.63, 3.8) is 0 Å². The van der Waals surface area contributed by atoms with Crippen LogP contribution in [0.25, 0.3) is 0 Å². The van der Waals surface area contributed by atoms with Crippen LogP contribution < -0.4 is 5.32 Å². The van der Waals surface area contributed by atoms with Gasteiger partial charge in [0, 0.05) is 6.54 Å². The normalized spacial score (nSPS) is 26.8. The van der Waals surface area contributed by atoms with E-state index in [1.807, 2.05) is 0 Å². The molecular formula is C11H12N2O3S. The van der Waals surface area contributed by atoms with E-state index in [0.717, 1.165) is 6.42 Å². The lowest BCUT2D eigenvalue weighted by Crippen LogP contribution is -2.40. The lowest BCUT2D eigenvalue weighted by Gasteiger charge is -2.18. The zero-order chi connectivity index (χ0) is 12.0. The molecule has 0 aliphatic carbocycles. The minimum Gasteiger partial charge on any atom is -0.323 e. The number of nitrogens with zero attached hydrogens (tertiary/aromatic N) is 1. The van der Waals surface area contributed by atoms with Crippen LogP contribution in [0.2, 0.25) is 0 Å². The first kappa shape index (κ1) is 10.7. The Morgan fingerprint density at radius 2 is 2.06 bits per heavy atom. The summed E-state index contributed by atoms with van der Waals surface area (Å²) < 4.78 is 26.1. The number of anilines is 1. The van der Waals surface area contributed by atoms with Crippen LogP contribution in [-0.2, 0) is 14.8 Å². The van der Waals surface area contributed by atoms with Crippen molar-refractivity contribution in [1.82, 2.24) is 4.31 Å². The number of sulfonamides is 1. The molecule has 1 aromatic carbocycles. The van der Waals surface area contributed by atoms with E-state index < -0.39 is 16.1 Å². The highest BCUT2D eigenvalue weighted by Crippen LogP contribution is 2.33. The van der Waals surface area contributed by atoms with Gasteiger partial charge in [0.2, 0.25) is 15.9 Å². The number of rotatable bonds is 0. The highest BCUT2D eigenvalue weighted by molar-refractivity contribution is 7.89. The summed E-state index contributed by atoms with van der Waals surface area (Å²) >= 11 is 0. The lowest BCUT2D eigenvalue weighted by molar-refractivity contribution is -0.119. The van der Waals surface area contributed by atoms with Gasteiger partial charge in [-0.2, -0.15) is 4.31 Å². The summed E-state index contributed by atoms with van der Waals surface area (Å²) in [6, 6.07) is 5.98. The first-order valence-corrected chi connectivity index (χ1v) is 6.96. The fraction of sp³-hybridized carbons (Fsp3) is 0.364. The Bertz CT molecular complexity index is 582. The molecule has 1 fully saturated rings. The molecule has 90 valence electrons. The molecule has 0 unspecified atom stereocenters. The Hall–Kier alpha value is -1.40. The van der Waals surface area contributed by atoms with Crippen molar-refractivity contribution < 1.29 is 13.2 Å². The summed E-state index contributed by atoms with van der Waals surface area (Å²) in [5.74, 6) is -0.226. The molecule has 6 heteroatoms. The van der Waals surface area contributed by atoms with Gasteiger partial charge in [0.15, 0.2) is 0 Å². The Morgan fingerprint density at radius 3 is 2.88 bits per heavy atom. The van der Waals surface area contributed by atoms with Crippen LogP contribution in [0.4, 0.5) is 5.69 Å². The van der Waals surface area contributed by atoms with Gasteiger partial charge in [0.1, 0.15) is 10.9 Å². The largest absolute Gasteiger partial charge is 0.323 e. The zero-order valence-corrected chi connectivity index (χ0v) is 9.90. The van der Waals surface area contributed by atoms with E-state index in [-0.39, 0.29) is 10.8 Å². The maximum absolute atomic E-state index is 12.4. The van der Waals surface area contributed by atoms with Gasteiger partial charge in [-0.15, -0.1) is 0 Å². The number of benzene rings is 1. The van der Waals surface area contributed by atoms with Crippen LogP contribution in [0, 0.1) is 0 Å². The fourth-order valence-corrected chi connectivity index (χ4v) is 4.23.